The highest BCUT2D eigenvalue weighted by atomic mass is 16.5. The van der Waals surface area contributed by atoms with E-state index in [4.69, 9.17) is 10.5 Å². The molecule has 0 fully saturated rings. The van der Waals surface area contributed by atoms with Crippen LogP contribution in [0.3, 0.4) is 0 Å². The lowest BCUT2D eigenvalue weighted by molar-refractivity contribution is 0.0913. The summed E-state index contributed by atoms with van der Waals surface area (Å²) in [6, 6.07) is 7.37. The molecule has 0 spiro atoms. The van der Waals surface area contributed by atoms with Gasteiger partial charge in [0, 0.05) is 12.5 Å². The number of benzene rings is 1. The van der Waals surface area contributed by atoms with Crippen LogP contribution < -0.4 is 10.5 Å². The number of carbonyl (C=O) groups excluding carboxylic acids is 1. The van der Waals surface area contributed by atoms with Gasteiger partial charge in [0.1, 0.15) is 5.75 Å². The molecule has 1 atom stereocenters. The molecule has 17 heavy (non-hydrogen) atoms. The molecule has 1 rings (SSSR count). The van der Waals surface area contributed by atoms with Gasteiger partial charge in [0.15, 0.2) is 5.78 Å². The molecular formula is C14H21NO2. The normalized spacial score (nSPS) is 12.2. The number of hydrogen-bond donors (Lipinski definition) is 1. The van der Waals surface area contributed by atoms with E-state index in [2.05, 4.69) is 6.92 Å². The number of ketones is 1. The van der Waals surface area contributed by atoms with Crippen LogP contribution in [0, 0.1) is 5.92 Å². The largest absolute Gasteiger partial charge is 0.493 e. The molecule has 0 heterocycles. The Morgan fingerprint density at radius 3 is 2.65 bits per heavy atom. The Balaban J connectivity index is 2.93. The maximum Gasteiger partial charge on any atom is 0.170 e. The van der Waals surface area contributed by atoms with Gasteiger partial charge < -0.3 is 10.5 Å². The summed E-state index contributed by atoms with van der Waals surface area (Å²) in [5, 5.41) is 0. The molecule has 0 radical (unpaired) electrons. The molecule has 0 saturated heterocycles. The Labute approximate surface area is 103 Å². The fraction of sp³-hybridized carbons (Fsp3) is 0.500. The number of para-hydroxylation sites is 1. The van der Waals surface area contributed by atoms with Gasteiger partial charge in [-0.15, -0.1) is 0 Å². The van der Waals surface area contributed by atoms with E-state index in [9.17, 15) is 4.79 Å². The maximum atomic E-state index is 12.3. The van der Waals surface area contributed by atoms with Crippen molar-refractivity contribution in [3.05, 3.63) is 29.8 Å². The van der Waals surface area contributed by atoms with Crippen molar-refractivity contribution in [3.63, 3.8) is 0 Å². The van der Waals surface area contributed by atoms with E-state index >= 15 is 0 Å². The summed E-state index contributed by atoms with van der Waals surface area (Å²) < 4.78 is 5.47. The summed E-state index contributed by atoms with van der Waals surface area (Å²) in [5.74, 6) is 0.662. The maximum absolute atomic E-state index is 12.3. The molecule has 0 saturated carbocycles. The molecule has 0 aliphatic carbocycles. The standard InChI is InChI=1S/C14H21NO2/c1-3-7-11(10-15)14(16)12-8-5-6-9-13(12)17-4-2/h5-6,8-9,11H,3-4,7,10,15H2,1-2H3. The van der Waals surface area contributed by atoms with E-state index in [0.29, 0.717) is 24.5 Å². The number of carbonyl (C=O) groups is 1. The quantitative estimate of drug-likeness (QED) is 0.739. The van der Waals surface area contributed by atoms with Crippen LogP contribution in [0.1, 0.15) is 37.0 Å². The molecule has 0 bridgehead atoms. The highest BCUT2D eigenvalue weighted by Gasteiger charge is 2.20. The molecule has 0 aliphatic rings. The second-order valence-electron chi connectivity index (χ2n) is 4.01. The van der Waals surface area contributed by atoms with Gasteiger partial charge >= 0.3 is 0 Å². The van der Waals surface area contributed by atoms with Crippen molar-refractivity contribution in [2.75, 3.05) is 13.2 Å². The van der Waals surface area contributed by atoms with E-state index in [1.165, 1.54) is 0 Å². The molecule has 0 aromatic heterocycles. The predicted molar refractivity (Wildman–Crippen MR) is 69.4 cm³/mol. The Kier molecular flexibility index (Phi) is 5.70. The minimum atomic E-state index is -0.0957. The molecule has 2 N–H and O–H groups in total. The summed E-state index contributed by atoms with van der Waals surface area (Å²) in [7, 11) is 0. The van der Waals surface area contributed by atoms with E-state index in [0.717, 1.165) is 12.8 Å². The number of nitrogens with two attached hydrogens (primary N) is 1. The number of hydrogen-bond acceptors (Lipinski definition) is 3. The molecule has 94 valence electrons. The van der Waals surface area contributed by atoms with Crippen LogP contribution in [-0.4, -0.2) is 18.9 Å². The second-order valence-corrected chi connectivity index (χ2v) is 4.01. The van der Waals surface area contributed by atoms with Crippen molar-refractivity contribution in [1.29, 1.82) is 0 Å². The van der Waals surface area contributed by atoms with Gasteiger partial charge in [0.05, 0.1) is 12.2 Å². The average molecular weight is 235 g/mol. The van der Waals surface area contributed by atoms with E-state index < -0.39 is 0 Å². The zero-order chi connectivity index (χ0) is 12.7. The first-order valence-corrected chi connectivity index (χ1v) is 6.20. The van der Waals surface area contributed by atoms with Gasteiger partial charge in [-0.3, -0.25) is 4.79 Å². The van der Waals surface area contributed by atoms with Gasteiger partial charge in [-0.25, -0.2) is 0 Å². The topological polar surface area (TPSA) is 52.3 Å². The SMILES string of the molecule is CCCC(CN)C(=O)c1ccccc1OCC. The molecule has 3 heteroatoms. The fourth-order valence-electron chi connectivity index (χ4n) is 1.88. The van der Waals surface area contributed by atoms with E-state index in [-0.39, 0.29) is 11.7 Å². The fourth-order valence-corrected chi connectivity index (χ4v) is 1.88. The minimum absolute atomic E-state index is 0.0957. The molecule has 0 aliphatic heterocycles. The van der Waals surface area contributed by atoms with Crippen molar-refractivity contribution in [1.82, 2.24) is 0 Å². The molecule has 1 aromatic rings. The predicted octanol–water partition coefficient (Wildman–Crippen LogP) is 2.64. The Morgan fingerprint density at radius 2 is 2.06 bits per heavy atom. The van der Waals surface area contributed by atoms with Crippen molar-refractivity contribution in [2.24, 2.45) is 11.7 Å². The molecular weight excluding hydrogens is 214 g/mol. The van der Waals surface area contributed by atoms with E-state index in [1.807, 2.05) is 31.2 Å². The van der Waals surface area contributed by atoms with Crippen LogP contribution in [0.25, 0.3) is 0 Å². The van der Waals surface area contributed by atoms with Gasteiger partial charge in [0.2, 0.25) is 0 Å². The lowest BCUT2D eigenvalue weighted by Gasteiger charge is -2.15. The molecule has 0 amide bonds. The van der Waals surface area contributed by atoms with Crippen molar-refractivity contribution >= 4 is 5.78 Å². The smallest absolute Gasteiger partial charge is 0.170 e. The first-order valence-electron chi connectivity index (χ1n) is 6.20. The summed E-state index contributed by atoms with van der Waals surface area (Å²) in [5.41, 5.74) is 6.31. The second kappa shape index (κ2) is 7.07. The van der Waals surface area contributed by atoms with Crippen LogP contribution in [0.2, 0.25) is 0 Å². The Hall–Kier alpha value is -1.35. The monoisotopic (exact) mass is 235 g/mol. The average Bonchev–Trinajstić information content (AvgIpc) is 2.36. The zero-order valence-electron chi connectivity index (χ0n) is 10.6. The van der Waals surface area contributed by atoms with Crippen LogP contribution in [0.15, 0.2) is 24.3 Å². The summed E-state index contributed by atoms with van der Waals surface area (Å²) in [6.45, 7) is 4.93. The first kappa shape index (κ1) is 13.7. The van der Waals surface area contributed by atoms with Crippen molar-refractivity contribution in [2.45, 2.75) is 26.7 Å². The van der Waals surface area contributed by atoms with Crippen molar-refractivity contribution < 1.29 is 9.53 Å². The Morgan fingerprint density at radius 1 is 1.35 bits per heavy atom. The molecule has 1 unspecified atom stereocenters. The Bertz CT molecular complexity index is 363. The van der Waals surface area contributed by atoms with Gasteiger partial charge in [0.25, 0.3) is 0 Å². The number of ether oxygens (including phenoxy) is 1. The summed E-state index contributed by atoms with van der Waals surface area (Å²) in [6.07, 6.45) is 1.79. The third kappa shape index (κ3) is 3.56. The van der Waals surface area contributed by atoms with Crippen molar-refractivity contribution in [3.8, 4) is 5.75 Å². The summed E-state index contributed by atoms with van der Waals surface area (Å²) in [4.78, 5) is 12.3. The van der Waals surface area contributed by atoms with Crippen LogP contribution in [0.4, 0.5) is 0 Å². The number of rotatable bonds is 7. The lowest BCUT2D eigenvalue weighted by Crippen LogP contribution is -2.24. The summed E-state index contributed by atoms with van der Waals surface area (Å²) >= 11 is 0. The van der Waals surface area contributed by atoms with Gasteiger partial charge in [-0.1, -0.05) is 25.5 Å². The van der Waals surface area contributed by atoms with Crippen LogP contribution in [0.5, 0.6) is 5.75 Å². The van der Waals surface area contributed by atoms with Gasteiger partial charge in [-0.2, -0.15) is 0 Å². The van der Waals surface area contributed by atoms with Crippen LogP contribution in [-0.2, 0) is 0 Å². The minimum Gasteiger partial charge on any atom is -0.493 e. The lowest BCUT2D eigenvalue weighted by atomic mass is 9.93. The highest BCUT2D eigenvalue weighted by Crippen LogP contribution is 2.23. The third-order valence-corrected chi connectivity index (χ3v) is 2.74. The highest BCUT2D eigenvalue weighted by molar-refractivity contribution is 6.00. The number of Topliss-reactive ketones (excluding diaryl/α,β-unsaturated/α-hetero) is 1. The van der Waals surface area contributed by atoms with E-state index in [1.54, 1.807) is 0 Å². The first-order chi connectivity index (χ1) is 8.24. The van der Waals surface area contributed by atoms with Crippen LogP contribution >= 0.6 is 0 Å². The zero-order valence-corrected chi connectivity index (χ0v) is 10.6. The molecule has 3 nitrogen and oxygen atoms in total. The van der Waals surface area contributed by atoms with Gasteiger partial charge in [-0.05, 0) is 25.5 Å². The molecule has 1 aromatic carbocycles. The third-order valence-electron chi connectivity index (χ3n) is 2.74.